The van der Waals surface area contributed by atoms with Crippen molar-refractivity contribution in [3.8, 4) is 11.9 Å². The van der Waals surface area contributed by atoms with Crippen LogP contribution in [0.4, 0.5) is 15.8 Å². The maximum atomic E-state index is 14.8. The first-order chi connectivity index (χ1) is 24.7. The predicted molar refractivity (Wildman–Crippen MR) is 179 cm³/mol. The van der Waals surface area contributed by atoms with Gasteiger partial charge in [-0.15, -0.1) is 0 Å². The van der Waals surface area contributed by atoms with E-state index in [1.54, 1.807) is 30.5 Å². The monoisotopic (exact) mass is 693 g/mol. The highest BCUT2D eigenvalue weighted by atomic mass is 19.1. The first kappa shape index (κ1) is 33.4. The van der Waals surface area contributed by atoms with Crippen molar-refractivity contribution in [3.05, 3.63) is 71.2 Å². The van der Waals surface area contributed by atoms with Crippen molar-refractivity contribution in [2.75, 3.05) is 30.4 Å². The number of pyridine rings is 2. The number of alkyl halides is 1. The molecule has 16 heteroatoms. The minimum Gasteiger partial charge on any atom is -0.382 e. The number of carbonyl (C=O) groups is 5. The van der Waals surface area contributed by atoms with Crippen LogP contribution in [0.15, 0.2) is 48.9 Å². The number of nitrogens with one attached hydrogen (secondary N) is 3. The average Bonchev–Trinajstić information content (AvgIpc) is 3.78. The first-order valence-corrected chi connectivity index (χ1v) is 16.6. The number of piperidine rings is 1. The molecule has 1 saturated carbocycles. The Morgan fingerprint density at radius 1 is 1.08 bits per heavy atom. The highest BCUT2D eigenvalue weighted by molar-refractivity contribution is 6.25. The minimum atomic E-state index is -1.41. The number of Topliss-reactive ketones (excluding diaryl/α,β-unsaturated/α-hetero) is 1. The van der Waals surface area contributed by atoms with Crippen molar-refractivity contribution in [1.29, 1.82) is 5.26 Å². The van der Waals surface area contributed by atoms with Gasteiger partial charge in [0.25, 0.3) is 11.8 Å². The summed E-state index contributed by atoms with van der Waals surface area (Å²) in [6.07, 6.45) is 4.97. The van der Waals surface area contributed by atoms with Crippen molar-refractivity contribution in [2.24, 2.45) is 0 Å². The van der Waals surface area contributed by atoms with E-state index >= 15 is 0 Å². The number of halogens is 1. The molecule has 0 bridgehead atoms. The van der Waals surface area contributed by atoms with Crippen molar-refractivity contribution < 1.29 is 33.1 Å². The largest absolute Gasteiger partial charge is 0.382 e. The fourth-order valence-corrected chi connectivity index (χ4v) is 6.14. The summed E-state index contributed by atoms with van der Waals surface area (Å²) in [4.78, 5) is 73.1. The summed E-state index contributed by atoms with van der Waals surface area (Å²) in [6.45, 7) is 0.0171. The van der Waals surface area contributed by atoms with Gasteiger partial charge in [0.2, 0.25) is 11.8 Å². The van der Waals surface area contributed by atoms with Crippen LogP contribution in [0.3, 0.4) is 0 Å². The highest BCUT2D eigenvalue weighted by Crippen LogP contribution is 2.33. The topological polar surface area (TPSA) is 201 Å². The maximum Gasteiger partial charge on any atom is 0.264 e. The molecular formula is C35H32FN9O6. The van der Waals surface area contributed by atoms with Gasteiger partial charge in [0, 0.05) is 55.0 Å². The van der Waals surface area contributed by atoms with Gasteiger partial charge >= 0.3 is 0 Å². The summed E-state index contributed by atoms with van der Waals surface area (Å²) in [6, 6.07) is 9.34. The Bertz CT molecular complexity index is 2120. The zero-order valence-corrected chi connectivity index (χ0v) is 27.2. The van der Waals surface area contributed by atoms with E-state index in [9.17, 15) is 28.4 Å². The molecule has 3 aliphatic rings. The van der Waals surface area contributed by atoms with Gasteiger partial charge in [-0.05, 0) is 43.9 Å². The minimum absolute atomic E-state index is 0.0223. The van der Waals surface area contributed by atoms with E-state index in [1.807, 2.05) is 0 Å². The van der Waals surface area contributed by atoms with Gasteiger partial charge in [0.1, 0.15) is 18.3 Å². The van der Waals surface area contributed by atoms with Gasteiger partial charge in [0.15, 0.2) is 17.2 Å². The third-order valence-corrected chi connectivity index (χ3v) is 8.89. The van der Waals surface area contributed by atoms with Crippen LogP contribution in [0.25, 0.3) is 16.9 Å². The summed E-state index contributed by atoms with van der Waals surface area (Å²) in [5.74, 6) is -2.22. The SMILES string of the molecule is N#Cc1cnc2c(cnn2-c2cc(NC3CC3)c(C(=O)CCC(F)COCCNc3cccc4c3C(=O)N(C3CCC(=O)NC3=O)C4=O)cn2)c1. The fraction of sp³-hybridized carbons (Fsp3) is 0.343. The number of nitrogens with zero attached hydrogens (tertiary/aromatic N) is 6. The first-order valence-electron chi connectivity index (χ1n) is 16.6. The second-order valence-electron chi connectivity index (χ2n) is 12.5. The van der Waals surface area contributed by atoms with Crippen LogP contribution in [0.5, 0.6) is 0 Å². The Kier molecular flexibility index (Phi) is 9.20. The van der Waals surface area contributed by atoms with Crippen LogP contribution in [-0.4, -0.2) is 92.1 Å². The maximum absolute atomic E-state index is 14.8. The highest BCUT2D eigenvalue weighted by Gasteiger charge is 2.45. The molecule has 51 heavy (non-hydrogen) atoms. The summed E-state index contributed by atoms with van der Waals surface area (Å²) in [5, 5.41) is 22.8. The fourth-order valence-electron chi connectivity index (χ4n) is 6.14. The summed E-state index contributed by atoms with van der Waals surface area (Å²) in [5.41, 5.74) is 2.48. The molecule has 5 heterocycles. The third-order valence-electron chi connectivity index (χ3n) is 8.89. The van der Waals surface area contributed by atoms with Gasteiger partial charge < -0.3 is 15.4 Å². The molecule has 2 aliphatic heterocycles. The van der Waals surface area contributed by atoms with Crippen molar-refractivity contribution in [1.82, 2.24) is 30.0 Å². The summed E-state index contributed by atoms with van der Waals surface area (Å²) in [7, 11) is 0. The van der Waals surface area contributed by atoms with E-state index in [0.717, 1.165) is 17.7 Å². The zero-order valence-electron chi connectivity index (χ0n) is 27.2. The standard InChI is InChI=1S/C35H32FN9O6/c36-21(18-51-11-10-38-25-3-1-2-23-31(25)35(50)44(34(23)49)27-7-9-30(47)43-33(27)48)4-8-28(46)24-17-39-29(13-26(24)42-22-5-6-22)45-32-20(16-41-45)12-19(14-37)15-40-32/h1-3,12-13,15-17,21-22,27,38H,4-11,18H2,(H,39,42)(H,43,47,48). The molecule has 1 saturated heterocycles. The predicted octanol–water partition coefficient (Wildman–Crippen LogP) is 3.09. The lowest BCUT2D eigenvalue weighted by atomic mass is 10.0. The number of amides is 4. The number of ether oxygens (including phenoxy) is 1. The van der Waals surface area contributed by atoms with E-state index < -0.39 is 35.8 Å². The van der Waals surface area contributed by atoms with E-state index in [4.69, 9.17) is 10.00 Å². The number of hydrogen-bond acceptors (Lipinski definition) is 12. The molecule has 2 unspecified atom stereocenters. The van der Waals surface area contributed by atoms with Gasteiger partial charge in [-0.25, -0.2) is 14.4 Å². The average molecular weight is 694 g/mol. The number of carbonyl (C=O) groups excluding carboxylic acids is 5. The lowest BCUT2D eigenvalue weighted by Crippen LogP contribution is -2.54. The van der Waals surface area contributed by atoms with Crippen LogP contribution in [0.2, 0.25) is 0 Å². The number of benzene rings is 1. The van der Waals surface area contributed by atoms with Crippen LogP contribution in [-0.2, 0) is 14.3 Å². The molecule has 4 aromatic rings. The molecule has 1 aliphatic carbocycles. The van der Waals surface area contributed by atoms with E-state index in [1.165, 1.54) is 23.1 Å². The molecule has 4 amide bonds. The normalized spacial score (nSPS) is 17.6. The van der Waals surface area contributed by atoms with E-state index in [0.29, 0.717) is 39.4 Å². The van der Waals surface area contributed by atoms with Gasteiger partial charge in [0.05, 0.1) is 47.4 Å². The number of rotatable bonds is 14. The molecule has 15 nitrogen and oxygen atoms in total. The van der Waals surface area contributed by atoms with Crippen LogP contribution in [0, 0.1) is 11.3 Å². The van der Waals surface area contributed by atoms with Gasteiger partial charge in [-0.2, -0.15) is 15.0 Å². The van der Waals surface area contributed by atoms with Crippen LogP contribution in [0.1, 0.15) is 75.2 Å². The number of hydrogen-bond donors (Lipinski definition) is 3. The zero-order chi connectivity index (χ0) is 35.6. The molecule has 7 rings (SSSR count). The molecule has 260 valence electrons. The number of nitriles is 1. The molecule has 2 atom stereocenters. The number of anilines is 2. The molecule has 3 N–H and O–H groups in total. The van der Waals surface area contributed by atoms with E-state index in [2.05, 4.69) is 37.1 Å². The molecule has 1 aromatic carbocycles. The van der Waals surface area contributed by atoms with E-state index in [-0.39, 0.29) is 68.4 Å². The summed E-state index contributed by atoms with van der Waals surface area (Å²) >= 11 is 0. The Balaban J connectivity index is 0.909. The lowest BCUT2D eigenvalue weighted by molar-refractivity contribution is -0.136. The number of ketones is 1. The Labute approximate surface area is 290 Å². The molecule has 0 spiro atoms. The van der Waals surface area contributed by atoms with Gasteiger partial charge in [-0.1, -0.05) is 6.07 Å². The lowest BCUT2D eigenvalue weighted by Gasteiger charge is -2.27. The molecule has 2 fully saturated rings. The van der Waals surface area contributed by atoms with Crippen LogP contribution < -0.4 is 16.0 Å². The van der Waals surface area contributed by atoms with Crippen molar-refractivity contribution in [2.45, 2.75) is 56.8 Å². The molecule has 3 aromatic heterocycles. The quantitative estimate of drug-likeness (QED) is 0.0992. The second kappa shape index (κ2) is 14.0. The molecule has 0 radical (unpaired) electrons. The Morgan fingerprint density at radius 3 is 2.71 bits per heavy atom. The number of fused-ring (bicyclic) bond motifs is 2. The summed E-state index contributed by atoms with van der Waals surface area (Å²) < 4.78 is 21.9. The van der Waals surface area contributed by atoms with Crippen molar-refractivity contribution in [3.63, 3.8) is 0 Å². The second-order valence-corrected chi connectivity index (χ2v) is 12.5. The third kappa shape index (κ3) is 6.88. The van der Waals surface area contributed by atoms with Crippen LogP contribution >= 0.6 is 0 Å². The van der Waals surface area contributed by atoms with Gasteiger partial charge in [-0.3, -0.25) is 34.2 Å². The Hall–Kier alpha value is -6.08. The number of imide groups is 2. The van der Waals surface area contributed by atoms with Crippen molar-refractivity contribution >= 4 is 51.8 Å². The smallest absolute Gasteiger partial charge is 0.264 e. The Morgan fingerprint density at radius 2 is 1.92 bits per heavy atom. The number of aromatic nitrogens is 4. The molecular weight excluding hydrogens is 661 g/mol.